The topological polar surface area (TPSA) is 88.2 Å². The van der Waals surface area contributed by atoms with Gasteiger partial charge < -0.3 is 0 Å². The van der Waals surface area contributed by atoms with Crippen LogP contribution in [0.4, 0.5) is 9.93 Å². The van der Waals surface area contributed by atoms with Crippen LogP contribution in [0.2, 0.25) is 0 Å². The summed E-state index contributed by atoms with van der Waals surface area (Å²) < 4.78 is 0. The Hall–Kier alpha value is -2.45. The minimum atomic E-state index is -0.555. The number of thioether (sulfide) groups is 1. The van der Waals surface area contributed by atoms with Crippen molar-refractivity contribution >= 4 is 45.3 Å². The molecular formula is C17H15N3O3S2. The second-order valence-electron chi connectivity index (χ2n) is 5.32. The lowest BCUT2D eigenvalue weighted by Crippen LogP contribution is -2.18. The summed E-state index contributed by atoms with van der Waals surface area (Å²) in [6.45, 7) is 2.12. The molecular weight excluding hydrogens is 358 g/mol. The normalized spacial score (nSPS) is 15.5. The summed E-state index contributed by atoms with van der Waals surface area (Å²) in [5.74, 6) is -1.04. The molecule has 25 heavy (non-hydrogen) atoms. The van der Waals surface area contributed by atoms with E-state index in [2.05, 4.69) is 46.8 Å². The van der Waals surface area contributed by atoms with Crippen molar-refractivity contribution in [1.82, 2.24) is 10.3 Å². The molecule has 1 aromatic carbocycles. The third-order valence-corrected chi connectivity index (χ3v) is 5.22. The molecule has 3 amide bonds. The fraction of sp³-hybridized carbons (Fsp3) is 0.176. The highest BCUT2D eigenvalue weighted by Gasteiger charge is 2.26. The Bertz CT molecular complexity index is 856. The number of benzene rings is 1. The third-order valence-electron chi connectivity index (χ3n) is 3.50. The molecule has 128 valence electrons. The summed E-state index contributed by atoms with van der Waals surface area (Å²) in [5.41, 5.74) is 2.47. The summed E-state index contributed by atoms with van der Waals surface area (Å²) in [5, 5.41) is 4.69. The molecule has 2 aromatic rings. The van der Waals surface area contributed by atoms with E-state index in [0.717, 1.165) is 23.8 Å². The van der Waals surface area contributed by atoms with Crippen molar-refractivity contribution in [3.63, 3.8) is 0 Å². The Labute approximate surface area is 152 Å². The molecule has 0 radical (unpaired) electrons. The molecule has 8 heteroatoms. The lowest BCUT2D eigenvalue weighted by atomic mass is 10.1. The monoisotopic (exact) mass is 373 g/mol. The summed E-state index contributed by atoms with van der Waals surface area (Å²) in [6, 6.07) is 8.40. The molecule has 1 saturated heterocycles. The second kappa shape index (κ2) is 7.62. The van der Waals surface area contributed by atoms with Gasteiger partial charge in [-0.3, -0.25) is 25.0 Å². The van der Waals surface area contributed by atoms with Crippen molar-refractivity contribution in [3.05, 3.63) is 57.4 Å². The molecule has 2 heterocycles. The van der Waals surface area contributed by atoms with Gasteiger partial charge in [0, 0.05) is 23.6 Å². The maximum Gasteiger partial charge on any atom is 0.290 e. The molecule has 0 unspecified atom stereocenters. The molecule has 0 spiro atoms. The zero-order valence-electron chi connectivity index (χ0n) is 13.4. The number of hydrogen-bond acceptors (Lipinski definition) is 6. The van der Waals surface area contributed by atoms with Crippen molar-refractivity contribution in [3.8, 4) is 0 Å². The number of aromatic nitrogens is 1. The van der Waals surface area contributed by atoms with E-state index in [9.17, 15) is 14.4 Å². The number of aryl methyl sites for hydroxylation is 1. The minimum Gasteiger partial charge on any atom is -0.298 e. The predicted molar refractivity (Wildman–Crippen MR) is 98.6 cm³/mol. The zero-order valence-corrected chi connectivity index (χ0v) is 15.0. The number of hydrogen-bond donors (Lipinski definition) is 2. The fourth-order valence-electron chi connectivity index (χ4n) is 2.22. The van der Waals surface area contributed by atoms with Crippen molar-refractivity contribution in [1.29, 1.82) is 0 Å². The molecule has 0 atom stereocenters. The SMILES string of the molecule is CCc1ccc(Cc2cnc(NC(=O)C=C3SC(=O)NC3=O)s2)cc1. The number of carbonyl (C=O) groups excluding carboxylic acids is 3. The van der Waals surface area contributed by atoms with Gasteiger partial charge in [-0.05, 0) is 29.3 Å². The van der Waals surface area contributed by atoms with Crippen LogP contribution in [0, 0.1) is 0 Å². The van der Waals surface area contributed by atoms with Gasteiger partial charge in [0.05, 0.1) is 4.91 Å². The molecule has 6 nitrogen and oxygen atoms in total. The molecule has 1 aliphatic heterocycles. The first-order valence-corrected chi connectivity index (χ1v) is 9.25. The van der Waals surface area contributed by atoms with Crippen LogP contribution < -0.4 is 10.6 Å². The Morgan fingerprint density at radius 2 is 1.96 bits per heavy atom. The van der Waals surface area contributed by atoms with Crippen molar-refractivity contribution in [2.75, 3.05) is 5.32 Å². The Balaban J connectivity index is 1.61. The average Bonchev–Trinajstić information content (AvgIpc) is 3.14. The third kappa shape index (κ3) is 4.55. The predicted octanol–water partition coefficient (Wildman–Crippen LogP) is 3.10. The number of rotatable bonds is 5. The quantitative estimate of drug-likeness (QED) is 0.786. The van der Waals surface area contributed by atoms with Crippen LogP contribution in [0.25, 0.3) is 0 Å². The first kappa shape index (κ1) is 17.4. The van der Waals surface area contributed by atoms with Crippen molar-refractivity contribution < 1.29 is 14.4 Å². The molecule has 0 saturated carbocycles. The van der Waals surface area contributed by atoms with Gasteiger partial charge in [0.15, 0.2) is 5.13 Å². The number of nitrogens with zero attached hydrogens (tertiary/aromatic N) is 1. The molecule has 1 fully saturated rings. The van der Waals surface area contributed by atoms with E-state index in [4.69, 9.17) is 0 Å². The van der Waals surface area contributed by atoms with Gasteiger partial charge in [-0.15, -0.1) is 11.3 Å². The highest BCUT2D eigenvalue weighted by Crippen LogP contribution is 2.24. The Kier molecular flexibility index (Phi) is 5.30. The number of thiazole rings is 1. The van der Waals surface area contributed by atoms with Crippen LogP contribution in [0.3, 0.4) is 0 Å². The van der Waals surface area contributed by atoms with E-state index in [0.29, 0.717) is 16.9 Å². The Morgan fingerprint density at radius 1 is 1.24 bits per heavy atom. The Morgan fingerprint density at radius 3 is 2.60 bits per heavy atom. The standard InChI is InChI=1S/C17H15N3O3S2/c1-2-10-3-5-11(6-4-10)7-12-9-18-16(24-12)19-14(21)8-13-15(22)20-17(23)25-13/h3-6,8-9H,2,7H2,1H3,(H,18,19,21)(H,20,22,23). The van der Waals surface area contributed by atoms with Gasteiger partial charge in [0.2, 0.25) is 0 Å². The van der Waals surface area contributed by atoms with Crippen molar-refractivity contribution in [2.24, 2.45) is 0 Å². The van der Waals surface area contributed by atoms with E-state index >= 15 is 0 Å². The van der Waals surface area contributed by atoms with Crippen LogP contribution >= 0.6 is 23.1 Å². The molecule has 2 N–H and O–H groups in total. The van der Waals surface area contributed by atoms with E-state index in [-0.39, 0.29) is 4.91 Å². The smallest absolute Gasteiger partial charge is 0.290 e. The number of carbonyl (C=O) groups is 3. The lowest BCUT2D eigenvalue weighted by molar-refractivity contribution is -0.116. The number of imide groups is 1. The summed E-state index contributed by atoms with van der Waals surface area (Å²) in [7, 11) is 0. The molecule has 1 aromatic heterocycles. The largest absolute Gasteiger partial charge is 0.298 e. The van der Waals surface area contributed by atoms with E-state index in [1.807, 2.05) is 0 Å². The van der Waals surface area contributed by atoms with E-state index in [1.54, 1.807) is 6.20 Å². The van der Waals surface area contributed by atoms with Crippen LogP contribution in [0.5, 0.6) is 0 Å². The first-order chi connectivity index (χ1) is 12.0. The average molecular weight is 373 g/mol. The van der Waals surface area contributed by atoms with E-state index in [1.165, 1.54) is 22.5 Å². The maximum atomic E-state index is 11.9. The van der Waals surface area contributed by atoms with Gasteiger partial charge in [-0.25, -0.2) is 4.98 Å². The van der Waals surface area contributed by atoms with Gasteiger partial charge in [0.25, 0.3) is 17.1 Å². The van der Waals surface area contributed by atoms with Gasteiger partial charge in [0.1, 0.15) is 0 Å². The molecule has 0 bridgehead atoms. The number of amides is 3. The van der Waals surface area contributed by atoms with Gasteiger partial charge in [-0.2, -0.15) is 0 Å². The van der Waals surface area contributed by atoms with Crippen LogP contribution in [0.1, 0.15) is 22.9 Å². The highest BCUT2D eigenvalue weighted by molar-refractivity contribution is 8.18. The molecule has 1 aliphatic rings. The maximum absolute atomic E-state index is 11.9. The fourth-order valence-corrected chi connectivity index (χ4v) is 3.73. The minimum absolute atomic E-state index is 0.0790. The van der Waals surface area contributed by atoms with Gasteiger partial charge >= 0.3 is 0 Å². The number of nitrogens with one attached hydrogen (secondary N) is 2. The number of anilines is 1. The van der Waals surface area contributed by atoms with E-state index < -0.39 is 17.1 Å². The summed E-state index contributed by atoms with van der Waals surface area (Å²) >= 11 is 2.08. The highest BCUT2D eigenvalue weighted by atomic mass is 32.2. The second-order valence-corrected chi connectivity index (χ2v) is 7.45. The summed E-state index contributed by atoms with van der Waals surface area (Å²) in [4.78, 5) is 39.7. The van der Waals surface area contributed by atoms with Gasteiger partial charge in [-0.1, -0.05) is 31.2 Å². The van der Waals surface area contributed by atoms with Crippen LogP contribution in [-0.2, 0) is 22.4 Å². The van der Waals surface area contributed by atoms with Crippen LogP contribution in [0.15, 0.2) is 41.4 Å². The zero-order chi connectivity index (χ0) is 17.8. The first-order valence-electron chi connectivity index (χ1n) is 7.62. The lowest BCUT2D eigenvalue weighted by Gasteiger charge is -2.00. The van der Waals surface area contributed by atoms with Crippen molar-refractivity contribution in [2.45, 2.75) is 19.8 Å². The molecule has 3 rings (SSSR count). The molecule has 0 aliphatic carbocycles. The van der Waals surface area contributed by atoms with Crippen LogP contribution in [-0.4, -0.2) is 22.0 Å². The summed E-state index contributed by atoms with van der Waals surface area (Å²) in [6.07, 6.45) is 4.58.